The van der Waals surface area contributed by atoms with Crippen molar-refractivity contribution in [3.8, 4) is 0 Å². The minimum atomic E-state index is -0.352. The fraction of sp³-hybridized carbons (Fsp3) is 0.136. The smallest absolute Gasteiger partial charge is 0.356 e. The quantitative estimate of drug-likeness (QED) is 0.480. The highest BCUT2D eigenvalue weighted by Gasteiger charge is 2.32. The molecule has 0 radical (unpaired) electrons. The summed E-state index contributed by atoms with van der Waals surface area (Å²) in [5.41, 5.74) is 4.94. The van der Waals surface area contributed by atoms with E-state index in [4.69, 9.17) is 4.42 Å². The van der Waals surface area contributed by atoms with Crippen LogP contribution in [0.4, 0.5) is 10.8 Å². The molecule has 0 amide bonds. The Hall–Kier alpha value is -3.45. The second-order valence-corrected chi connectivity index (χ2v) is 8.13. The molecule has 0 spiro atoms. The lowest BCUT2D eigenvalue weighted by atomic mass is 9.96. The van der Waals surface area contributed by atoms with Crippen molar-refractivity contribution in [3.63, 3.8) is 0 Å². The van der Waals surface area contributed by atoms with Crippen molar-refractivity contribution in [3.05, 3.63) is 87.5 Å². The van der Waals surface area contributed by atoms with E-state index in [9.17, 15) is 4.79 Å². The van der Waals surface area contributed by atoms with E-state index in [1.807, 2.05) is 62.4 Å². The lowest BCUT2D eigenvalue weighted by molar-refractivity contribution is -0.499. The second-order valence-electron chi connectivity index (χ2n) is 7.09. The normalized spacial score (nSPS) is 15.5. The molecule has 1 atom stereocenters. The number of anilines is 2. The van der Waals surface area contributed by atoms with E-state index >= 15 is 0 Å². The van der Waals surface area contributed by atoms with E-state index in [0.29, 0.717) is 11.5 Å². The first-order chi connectivity index (χ1) is 14.1. The number of rotatable bonds is 2. The van der Waals surface area contributed by atoms with Gasteiger partial charge in [0.25, 0.3) is 5.13 Å². The highest BCUT2D eigenvalue weighted by atomic mass is 32.1. The molecule has 7 heteroatoms. The molecule has 3 N–H and O–H groups in total. The van der Waals surface area contributed by atoms with Crippen LogP contribution in [0.3, 0.4) is 0 Å². The van der Waals surface area contributed by atoms with E-state index in [1.165, 1.54) is 6.26 Å². The van der Waals surface area contributed by atoms with Crippen molar-refractivity contribution in [1.29, 1.82) is 0 Å². The third-order valence-electron chi connectivity index (χ3n) is 4.99. The van der Waals surface area contributed by atoms with E-state index in [1.54, 1.807) is 11.3 Å². The van der Waals surface area contributed by atoms with Gasteiger partial charge < -0.3 is 4.42 Å². The molecule has 1 aliphatic rings. The van der Waals surface area contributed by atoms with Gasteiger partial charge in [-0.1, -0.05) is 53.3 Å². The van der Waals surface area contributed by atoms with Crippen LogP contribution in [0.15, 0.2) is 64.0 Å². The molecular formula is C22H19N4O2S+. The van der Waals surface area contributed by atoms with Crippen molar-refractivity contribution in [2.45, 2.75) is 19.9 Å². The summed E-state index contributed by atoms with van der Waals surface area (Å²) in [6.45, 7) is 3.96. The van der Waals surface area contributed by atoms with Crippen LogP contribution in [-0.4, -0.2) is 10.9 Å². The fourth-order valence-corrected chi connectivity index (χ4v) is 4.36. The Kier molecular flexibility index (Phi) is 4.17. The molecule has 2 aromatic heterocycles. The number of guanidine groups is 1. The molecule has 6 nitrogen and oxygen atoms in total. The summed E-state index contributed by atoms with van der Waals surface area (Å²) in [5.74, 6) is 0.677. The molecule has 2 aromatic carbocycles. The number of aromatic nitrogens is 1. The van der Waals surface area contributed by atoms with Crippen LogP contribution >= 0.6 is 11.3 Å². The summed E-state index contributed by atoms with van der Waals surface area (Å²) in [6.07, 6.45) is 1.49. The van der Waals surface area contributed by atoms with E-state index < -0.39 is 0 Å². The number of para-hydroxylation sites is 1. The van der Waals surface area contributed by atoms with Gasteiger partial charge in [0.2, 0.25) is 0 Å². The van der Waals surface area contributed by atoms with Gasteiger partial charge in [0.15, 0.2) is 0 Å². The summed E-state index contributed by atoms with van der Waals surface area (Å²) in [7, 11) is 0. The third kappa shape index (κ3) is 3.19. The van der Waals surface area contributed by atoms with Crippen LogP contribution in [0.5, 0.6) is 0 Å². The number of nitrogens with zero attached hydrogens (tertiary/aromatic N) is 1. The monoisotopic (exact) mass is 403 g/mol. The van der Waals surface area contributed by atoms with Crippen LogP contribution in [0, 0.1) is 13.8 Å². The topological polar surface area (TPSA) is 81.1 Å². The zero-order valence-electron chi connectivity index (χ0n) is 15.9. The van der Waals surface area contributed by atoms with Gasteiger partial charge in [-0.2, -0.15) is 0 Å². The highest BCUT2D eigenvalue weighted by molar-refractivity contribution is 7.22. The van der Waals surface area contributed by atoms with Crippen molar-refractivity contribution < 1.29 is 9.41 Å². The molecule has 144 valence electrons. The molecular weight excluding hydrogens is 384 g/mol. The average molecular weight is 403 g/mol. The first-order valence-corrected chi connectivity index (χ1v) is 10.1. The number of hydrogen-bond acceptors (Lipinski definition) is 6. The molecule has 4 aromatic rings. The summed E-state index contributed by atoms with van der Waals surface area (Å²) >= 11 is 1.58. The minimum Gasteiger partial charge on any atom is -0.431 e. The lowest BCUT2D eigenvalue weighted by Crippen LogP contribution is -2.80. The Bertz CT molecular complexity index is 1270. The maximum Gasteiger partial charge on any atom is 0.356 e. The zero-order valence-corrected chi connectivity index (χ0v) is 16.8. The third-order valence-corrected chi connectivity index (χ3v) is 5.94. The van der Waals surface area contributed by atoms with Crippen molar-refractivity contribution in [1.82, 2.24) is 4.98 Å². The molecule has 3 heterocycles. The molecule has 0 bridgehead atoms. The first-order valence-electron chi connectivity index (χ1n) is 9.30. The number of hydrogen-bond donors (Lipinski definition) is 3. The van der Waals surface area contributed by atoms with Crippen molar-refractivity contribution >= 4 is 38.3 Å². The Balaban J connectivity index is 1.59. The number of fused-ring (bicyclic) bond motifs is 2. The van der Waals surface area contributed by atoms with Gasteiger partial charge in [-0.25, -0.2) is 20.4 Å². The predicted molar refractivity (Wildman–Crippen MR) is 116 cm³/mol. The molecule has 0 unspecified atom stereocenters. The molecule has 1 aliphatic heterocycles. The molecule has 5 rings (SSSR count). The van der Waals surface area contributed by atoms with Crippen LogP contribution in [0.1, 0.15) is 28.3 Å². The largest absolute Gasteiger partial charge is 0.431 e. The zero-order chi connectivity index (χ0) is 20.0. The SMILES string of the molecule is Cc1ccc([C@H]2[NH+]=C(Nc3nc4ccccc4s3)Nc3c(C)coc(=O)c32)cc1. The number of thiazole rings is 1. The standard InChI is InChI=1S/C22H18N4O2S/c1-12-7-9-14(10-8-12)19-17-18(13(2)11-28-20(17)27)24-21(25-19)26-22-23-15-5-3-4-6-16(15)29-22/h3-11,19H,1-2H3,(H2,23,24,25,26)/p+1/t19-/m1/s1. The van der Waals surface area contributed by atoms with Gasteiger partial charge in [-0.15, -0.1) is 0 Å². The number of benzene rings is 2. The molecule has 0 fully saturated rings. The lowest BCUT2D eigenvalue weighted by Gasteiger charge is -2.21. The number of aryl methyl sites for hydroxylation is 2. The Morgan fingerprint density at radius 1 is 1.14 bits per heavy atom. The van der Waals surface area contributed by atoms with E-state index in [0.717, 1.165) is 37.7 Å². The van der Waals surface area contributed by atoms with Gasteiger partial charge in [-0.3, -0.25) is 4.99 Å². The van der Waals surface area contributed by atoms with E-state index in [2.05, 4.69) is 20.6 Å². The van der Waals surface area contributed by atoms with Gasteiger partial charge in [0, 0.05) is 5.56 Å². The van der Waals surface area contributed by atoms with Crippen LogP contribution in [0.25, 0.3) is 10.2 Å². The summed E-state index contributed by atoms with van der Waals surface area (Å²) in [4.78, 5) is 20.6. The molecule has 29 heavy (non-hydrogen) atoms. The fourth-order valence-electron chi connectivity index (χ4n) is 3.49. The predicted octanol–water partition coefficient (Wildman–Crippen LogP) is 2.93. The highest BCUT2D eigenvalue weighted by Crippen LogP contribution is 2.29. The van der Waals surface area contributed by atoms with Gasteiger partial charge in [0.1, 0.15) is 23.6 Å². The van der Waals surface area contributed by atoms with Gasteiger partial charge >= 0.3 is 11.6 Å². The first kappa shape index (κ1) is 17.6. The van der Waals surface area contributed by atoms with Gasteiger partial charge in [0.05, 0.1) is 10.2 Å². The summed E-state index contributed by atoms with van der Waals surface area (Å²) < 4.78 is 6.36. The van der Waals surface area contributed by atoms with E-state index in [-0.39, 0.29) is 11.7 Å². The van der Waals surface area contributed by atoms with Crippen LogP contribution in [0.2, 0.25) is 0 Å². The maximum atomic E-state index is 12.6. The Morgan fingerprint density at radius 3 is 2.72 bits per heavy atom. The van der Waals surface area contributed by atoms with Gasteiger partial charge in [-0.05, 0) is 31.5 Å². The van der Waals surface area contributed by atoms with Crippen LogP contribution in [-0.2, 0) is 0 Å². The molecule has 0 saturated heterocycles. The van der Waals surface area contributed by atoms with Crippen molar-refractivity contribution in [2.75, 3.05) is 10.6 Å². The summed E-state index contributed by atoms with van der Waals surface area (Å²) in [6, 6.07) is 15.8. The maximum absolute atomic E-state index is 12.6. The minimum absolute atomic E-state index is 0.333. The molecule has 0 aliphatic carbocycles. The van der Waals surface area contributed by atoms with Crippen LogP contribution < -0.4 is 21.3 Å². The summed E-state index contributed by atoms with van der Waals surface area (Å²) in [5, 5.41) is 7.42. The van der Waals surface area contributed by atoms with Crippen molar-refractivity contribution in [2.24, 2.45) is 0 Å². The number of nitrogens with one attached hydrogen (secondary N) is 3. The second kappa shape index (κ2) is 6.86. The Morgan fingerprint density at radius 2 is 1.93 bits per heavy atom. The average Bonchev–Trinajstić information content (AvgIpc) is 3.13. The Labute approximate surface area is 171 Å². The molecule has 0 saturated carbocycles.